The van der Waals surface area contributed by atoms with Crippen molar-refractivity contribution in [1.29, 1.82) is 0 Å². The number of benzene rings is 1. The van der Waals surface area contributed by atoms with E-state index in [4.69, 9.17) is 22.1 Å². The fourth-order valence-corrected chi connectivity index (χ4v) is 2.10. The monoisotopic (exact) mass is 289 g/mol. The zero-order valence-corrected chi connectivity index (χ0v) is 11.5. The maximum Gasteiger partial charge on any atom is 0.255 e. The average molecular weight is 290 g/mol. The molecule has 20 heavy (non-hydrogen) atoms. The van der Waals surface area contributed by atoms with Crippen LogP contribution in [0, 0.1) is 6.92 Å². The molecule has 102 valence electrons. The Kier molecular flexibility index (Phi) is 3.25. The predicted molar refractivity (Wildman–Crippen MR) is 74.9 cm³/mol. The number of aromatic nitrogens is 4. The Labute approximate surface area is 120 Å². The number of aryl methyl sites for hydroxylation is 1. The van der Waals surface area contributed by atoms with Crippen molar-refractivity contribution >= 4 is 17.4 Å². The number of hydrogen-bond donors (Lipinski definition) is 1. The van der Waals surface area contributed by atoms with Gasteiger partial charge in [-0.3, -0.25) is 0 Å². The molecule has 0 fully saturated rings. The van der Waals surface area contributed by atoms with Crippen molar-refractivity contribution in [3.05, 3.63) is 46.9 Å². The second-order valence-electron chi connectivity index (χ2n) is 4.27. The van der Waals surface area contributed by atoms with Crippen molar-refractivity contribution in [2.45, 2.75) is 13.5 Å². The third kappa shape index (κ3) is 2.31. The summed E-state index contributed by atoms with van der Waals surface area (Å²) >= 11 is 6.12. The van der Waals surface area contributed by atoms with Gasteiger partial charge in [0.1, 0.15) is 12.1 Å². The Morgan fingerprint density at radius 2 is 2.20 bits per heavy atom. The minimum atomic E-state index is 0.390. The van der Waals surface area contributed by atoms with Crippen LogP contribution in [-0.2, 0) is 6.54 Å². The number of nitrogens with two attached hydrogens (primary N) is 1. The standard InChI is InChI=1S/C13H12ClN5O/c1-8-4-12(19-13(18-8)16-7-17-19)20-10-3-2-9(6-15)11(14)5-10/h2-5,7H,6,15H2,1H3. The van der Waals surface area contributed by atoms with E-state index in [0.29, 0.717) is 29.0 Å². The van der Waals surface area contributed by atoms with Crippen molar-refractivity contribution in [3.63, 3.8) is 0 Å². The van der Waals surface area contributed by atoms with Gasteiger partial charge < -0.3 is 10.5 Å². The van der Waals surface area contributed by atoms with Gasteiger partial charge in [0.15, 0.2) is 0 Å². The zero-order valence-electron chi connectivity index (χ0n) is 10.7. The van der Waals surface area contributed by atoms with Crippen molar-refractivity contribution in [3.8, 4) is 11.6 Å². The van der Waals surface area contributed by atoms with Gasteiger partial charge >= 0.3 is 0 Å². The van der Waals surface area contributed by atoms with E-state index < -0.39 is 0 Å². The lowest BCUT2D eigenvalue weighted by Crippen LogP contribution is -2.00. The SMILES string of the molecule is Cc1cc(Oc2ccc(CN)c(Cl)c2)n2ncnc2n1. The van der Waals surface area contributed by atoms with E-state index in [1.165, 1.54) is 10.8 Å². The van der Waals surface area contributed by atoms with E-state index >= 15 is 0 Å². The molecule has 6 nitrogen and oxygen atoms in total. The molecule has 0 radical (unpaired) electrons. The number of hydrogen-bond acceptors (Lipinski definition) is 5. The second kappa shape index (κ2) is 5.07. The molecule has 0 bridgehead atoms. The molecule has 3 rings (SSSR count). The van der Waals surface area contributed by atoms with E-state index in [1.807, 2.05) is 19.1 Å². The van der Waals surface area contributed by atoms with Crippen molar-refractivity contribution in [1.82, 2.24) is 19.6 Å². The largest absolute Gasteiger partial charge is 0.439 e. The van der Waals surface area contributed by atoms with Gasteiger partial charge in [-0.25, -0.2) is 4.98 Å². The van der Waals surface area contributed by atoms with E-state index in [2.05, 4.69) is 15.1 Å². The summed E-state index contributed by atoms with van der Waals surface area (Å²) < 4.78 is 7.33. The molecule has 7 heteroatoms. The molecule has 0 amide bonds. The summed E-state index contributed by atoms with van der Waals surface area (Å²) in [6.45, 7) is 2.26. The predicted octanol–water partition coefficient (Wildman–Crippen LogP) is 2.34. The van der Waals surface area contributed by atoms with Crippen molar-refractivity contribution in [2.75, 3.05) is 0 Å². The Balaban J connectivity index is 2.00. The first-order valence-corrected chi connectivity index (χ1v) is 6.39. The van der Waals surface area contributed by atoms with Crippen LogP contribution in [0.3, 0.4) is 0 Å². The fraction of sp³-hybridized carbons (Fsp3) is 0.154. The Hall–Kier alpha value is -2.18. The molecule has 0 saturated heterocycles. The molecule has 0 saturated carbocycles. The lowest BCUT2D eigenvalue weighted by Gasteiger charge is -2.09. The van der Waals surface area contributed by atoms with Crippen LogP contribution in [0.2, 0.25) is 5.02 Å². The Morgan fingerprint density at radius 1 is 1.35 bits per heavy atom. The van der Waals surface area contributed by atoms with Gasteiger partial charge in [-0.15, -0.1) is 0 Å². The van der Waals surface area contributed by atoms with Gasteiger partial charge in [0, 0.05) is 23.3 Å². The molecule has 0 aliphatic rings. The normalized spacial score (nSPS) is 10.9. The first-order valence-electron chi connectivity index (χ1n) is 6.01. The van der Waals surface area contributed by atoms with Gasteiger partial charge in [0.05, 0.1) is 0 Å². The Morgan fingerprint density at radius 3 is 2.95 bits per heavy atom. The van der Waals surface area contributed by atoms with Gasteiger partial charge in [-0.05, 0) is 24.6 Å². The molecule has 1 aromatic carbocycles. The van der Waals surface area contributed by atoms with Gasteiger partial charge in [-0.1, -0.05) is 17.7 Å². The van der Waals surface area contributed by atoms with Crippen molar-refractivity contribution < 1.29 is 4.74 Å². The quantitative estimate of drug-likeness (QED) is 0.800. The highest BCUT2D eigenvalue weighted by Crippen LogP contribution is 2.26. The number of halogens is 1. The summed E-state index contributed by atoms with van der Waals surface area (Å²) in [5.41, 5.74) is 7.25. The van der Waals surface area contributed by atoms with Crippen LogP contribution >= 0.6 is 11.6 Å². The number of ether oxygens (including phenoxy) is 1. The summed E-state index contributed by atoms with van der Waals surface area (Å²) in [4.78, 5) is 8.29. The highest BCUT2D eigenvalue weighted by atomic mass is 35.5. The Bertz CT molecular complexity index is 771. The van der Waals surface area contributed by atoms with Crippen LogP contribution < -0.4 is 10.5 Å². The lowest BCUT2D eigenvalue weighted by atomic mass is 10.2. The maximum atomic E-state index is 6.12. The van der Waals surface area contributed by atoms with Gasteiger partial charge in [0.2, 0.25) is 5.88 Å². The van der Waals surface area contributed by atoms with E-state index in [1.54, 1.807) is 12.1 Å². The zero-order chi connectivity index (χ0) is 14.1. The summed E-state index contributed by atoms with van der Waals surface area (Å²) in [5, 5.41) is 4.65. The first kappa shape index (κ1) is 12.8. The second-order valence-corrected chi connectivity index (χ2v) is 4.67. The molecule has 2 aromatic heterocycles. The van der Waals surface area contributed by atoms with Crippen LogP contribution in [0.4, 0.5) is 0 Å². The molecule has 0 atom stereocenters. The average Bonchev–Trinajstić information content (AvgIpc) is 2.87. The first-order chi connectivity index (χ1) is 9.67. The summed E-state index contributed by atoms with van der Waals surface area (Å²) in [6, 6.07) is 7.16. The van der Waals surface area contributed by atoms with E-state index in [-0.39, 0.29) is 0 Å². The van der Waals surface area contributed by atoms with E-state index in [0.717, 1.165) is 11.3 Å². The molecule has 0 spiro atoms. The number of rotatable bonds is 3. The van der Waals surface area contributed by atoms with Gasteiger partial charge in [-0.2, -0.15) is 14.6 Å². The molecule has 0 aliphatic carbocycles. The minimum Gasteiger partial charge on any atom is -0.439 e. The molecule has 2 N–H and O–H groups in total. The fourth-order valence-electron chi connectivity index (χ4n) is 1.85. The highest BCUT2D eigenvalue weighted by molar-refractivity contribution is 6.31. The van der Waals surface area contributed by atoms with Gasteiger partial charge in [0.25, 0.3) is 5.78 Å². The van der Waals surface area contributed by atoms with Crippen LogP contribution in [0.25, 0.3) is 5.78 Å². The lowest BCUT2D eigenvalue weighted by molar-refractivity contribution is 0.445. The minimum absolute atomic E-state index is 0.390. The topological polar surface area (TPSA) is 78.3 Å². The molecule has 2 heterocycles. The maximum absolute atomic E-state index is 6.12. The number of fused-ring (bicyclic) bond motifs is 1. The highest BCUT2D eigenvalue weighted by Gasteiger charge is 2.09. The molecule has 3 aromatic rings. The summed E-state index contributed by atoms with van der Waals surface area (Å²) in [5.74, 6) is 1.63. The summed E-state index contributed by atoms with van der Waals surface area (Å²) in [7, 11) is 0. The number of nitrogens with zero attached hydrogens (tertiary/aromatic N) is 4. The molecular formula is C13H12ClN5O. The van der Waals surface area contributed by atoms with E-state index in [9.17, 15) is 0 Å². The van der Waals surface area contributed by atoms with Crippen LogP contribution in [0.1, 0.15) is 11.3 Å². The van der Waals surface area contributed by atoms with Crippen LogP contribution in [0.15, 0.2) is 30.6 Å². The van der Waals surface area contributed by atoms with Crippen molar-refractivity contribution in [2.24, 2.45) is 5.73 Å². The molecular weight excluding hydrogens is 278 g/mol. The van der Waals surface area contributed by atoms with Crippen LogP contribution in [0.5, 0.6) is 11.6 Å². The third-order valence-electron chi connectivity index (χ3n) is 2.81. The summed E-state index contributed by atoms with van der Waals surface area (Å²) in [6.07, 6.45) is 1.43. The molecule has 0 aliphatic heterocycles. The third-order valence-corrected chi connectivity index (χ3v) is 3.17. The smallest absolute Gasteiger partial charge is 0.255 e. The molecule has 0 unspecified atom stereocenters. The van der Waals surface area contributed by atoms with Crippen LogP contribution in [-0.4, -0.2) is 19.6 Å².